The lowest BCUT2D eigenvalue weighted by molar-refractivity contribution is 0.0320. The van der Waals surface area contributed by atoms with Gasteiger partial charge in [-0.3, -0.25) is 4.79 Å². The van der Waals surface area contributed by atoms with E-state index in [1.807, 2.05) is 32.0 Å². The molecule has 0 saturated carbocycles. The molecule has 2 aromatic rings. The molecule has 1 aromatic carbocycles. The molecule has 1 saturated heterocycles. The molecule has 2 atom stereocenters. The number of carbonyl (C=O) groups excluding carboxylic acids is 1. The van der Waals surface area contributed by atoms with Crippen LogP contribution in [0.5, 0.6) is 5.88 Å². The minimum absolute atomic E-state index is 0.00474. The first-order chi connectivity index (χ1) is 12.0. The number of hydrogen-bond acceptors (Lipinski definition) is 5. The molecule has 25 heavy (non-hydrogen) atoms. The summed E-state index contributed by atoms with van der Waals surface area (Å²) < 4.78 is 11.4. The van der Waals surface area contributed by atoms with Gasteiger partial charge in [-0.25, -0.2) is 4.98 Å². The first-order valence-corrected chi connectivity index (χ1v) is 8.25. The van der Waals surface area contributed by atoms with Gasteiger partial charge in [-0.05, 0) is 31.5 Å². The Morgan fingerprint density at radius 2 is 1.96 bits per heavy atom. The summed E-state index contributed by atoms with van der Waals surface area (Å²) in [6.07, 6.45) is 1.10. The molecular formula is C19H23N3O3. The average Bonchev–Trinajstić information content (AvgIpc) is 2.99. The number of nitrogen functional groups attached to an aromatic ring is 1. The van der Waals surface area contributed by atoms with Crippen LogP contribution in [0.2, 0.25) is 0 Å². The van der Waals surface area contributed by atoms with Crippen LogP contribution in [-0.4, -0.2) is 48.2 Å². The van der Waals surface area contributed by atoms with Gasteiger partial charge in [-0.2, -0.15) is 0 Å². The van der Waals surface area contributed by atoms with Crippen molar-refractivity contribution in [2.75, 3.05) is 25.9 Å². The summed E-state index contributed by atoms with van der Waals surface area (Å²) in [6, 6.07) is 9.27. The number of aromatic nitrogens is 1. The number of nitrogens with zero attached hydrogens (tertiary/aromatic N) is 2. The highest BCUT2D eigenvalue weighted by atomic mass is 16.5. The van der Waals surface area contributed by atoms with Gasteiger partial charge < -0.3 is 20.1 Å². The van der Waals surface area contributed by atoms with E-state index < -0.39 is 0 Å². The summed E-state index contributed by atoms with van der Waals surface area (Å²) in [5, 5.41) is 0. The molecule has 1 aliphatic heterocycles. The molecule has 2 heterocycles. The Balaban J connectivity index is 1.76. The third kappa shape index (κ3) is 3.74. The van der Waals surface area contributed by atoms with Gasteiger partial charge in [0.15, 0.2) is 0 Å². The van der Waals surface area contributed by atoms with E-state index in [1.54, 1.807) is 30.3 Å². The molecule has 0 spiro atoms. The highest BCUT2D eigenvalue weighted by molar-refractivity contribution is 5.96. The Labute approximate surface area is 147 Å². The zero-order valence-corrected chi connectivity index (χ0v) is 14.7. The van der Waals surface area contributed by atoms with E-state index in [0.717, 1.165) is 16.7 Å². The molecule has 0 radical (unpaired) electrons. The normalized spacial score (nSPS) is 19.9. The summed E-state index contributed by atoms with van der Waals surface area (Å²) in [4.78, 5) is 18.8. The average molecular weight is 341 g/mol. The van der Waals surface area contributed by atoms with Gasteiger partial charge in [-0.15, -0.1) is 0 Å². The monoisotopic (exact) mass is 341 g/mol. The molecule has 2 N–H and O–H groups in total. The maximum atomic E-state index is 12.9. The Morgan fingerprint density at radius 3 is 2.68 bits per heavy atom. The van der Waals surface area contributed by atoms with Crippen molar-refractivity contribution in [2.45, 2.75) is 26.1 Å². The Bertz CT molecular complexity index is 778. The number of hydrogen-bond donors (Lipinski definition) is 1. The minimum atomic E-state index is -0.284. The van der Waals surface area contributed by atoms with Crippen molar-refractivity contribution in [3.63, 3.8) is 0 Å². The van der Waals surface area contributed by atoms with Gasteiger partial charge in [0.2, 0.25) is 5.88 Å². The van der Waals surface area contributed by atoms with Crippen molar-refractivity contribution >= 4 is 11.6 Å². The zero-order chi connectivity index (χ0) is 18.0. The van der Waals surface area contributed by atoms with Crippen LogP contribution in [0, 0.1) is 13.8 Å². The smallest absolute Gasteiger partial charge is 0.254 e. The second kappa shape index (κ2) is 7.11. The molecule has 1 aromatic heterocycles. The molecule has 0 unspecified atom stereocenters. The molecular weight excluding hydrogens is 318 g/mol. The van der Waals surface area contributed by atoms with Crippen LogP contribution < -0.4 is 10.5 Å². The second-order valence-electron chi connectivity index (χ2n) is 6.39. The summed E-state index contributed by atoms with van der Waals surface area (Å²) in [7, 11) is 1.62. The van der Waals surface area contributed by atoms with Crippen molar-refractivity contribution in [1.82, 2.24) is 9.88 Å². The fourth-order valence-electron chi connectivity index (χ4n) is 3.03. The van der Waals surface area contributed by atoms with Gasteiger partial charge in [0.25, 0.3) is 5.91 Å². The Hall–Kier alpha value is -2.60. The van der Waals surface area contributed by atoms with E-state index in [2.05, 4.69) is 4.98 Å². The van der Waals surface area contributed by atoms with Crippen molar-refractivity contribution < 1.29 is 14.3 Å². The van der Waals surface area contributed by atoms with E-state index >= 15 is 0 Å². The van der Waals surface area contributed by atoms with Crippen LogP contribution in [0.15, 0.2) is 36.5 Å². The lowest BCUT2D eigenvalue weighted by atomic mass is 10.0. The van der Waals surface area contributed by atoms with Gasteiger partial charge in [0.05, 0.1) is 13.1 Å². The predicted octanol–water partition coefficient (Wildman–Crippen LogP) is 2.20. The number of anilines is 1. The van der Waals surface area contributed by atoms with Crippen molar-refractivity contribution in [2.24, 2.45) is 0 Å². The molecule has 0 aliphatic carbocycles. The van der Waals surface area contributed by atoms with E-state index in [-0.39, 0.29) is 18.1 Å². The SMILES string of the molecule is CO[C@@H]1CN(C(=O)c2cc(C)ccc2C)C[C@H]1Oc1cc(N)ccn1. The molecule has 1 aliphatic rings. The first kappa shape index (κ1) is 17.2. The van der Waals surface area contributed by atoms with Gasteiger partial charge in [-0.1, -0.05) is 17.7 Å². The molecule has 0 bridgehead atoms. The summed E-state index contributed by atoms with van der Waals surface area (Å²) >= 11 is 0. The van der Waals surface area contributed by atoms with Gasteiger partial charge >= 0.3 is 0 Å². The van der Waals surface area contributed by atoms with Crippen LogP contribution in [0.3, 0.4) is 0 Å². The summed E-state index contributed by atoms with van der Waals surface area (Å²) in [5.74, 6) is 0.433. The second-order valence-corrected chi connectivity index (χ2v) is 6.39. The van der Waals surface area contributed by atoms with E-state index in [4.69, 9.17) is 15.2 Å². The van der Waals surface area contributed by atoms with Gasteiger partial charge in [0, 0.05) is 30.6 Å². The fraction of sp³-hybridized carbons (Fsp3) is 0.368. The van der Waals surface area contributed by atoms with Crippen molar-refractivity contribution in [3.8, 4) is 5.88 Å². The number of methoxy groups -OCH3 is 1. The van der Waals surface area contributed by atoms with Crippen LogP contribution in [0.1, 0.15) is 21.5 Å². The number of rotatable bonds is 4. The maximum absolute atomic E-state index is 12.9. The van der Waals surface area contributed by atoms with Crippen LogP contribution in [0.4, 0.5) is 5.69 Å². The highest BCUT2D eigenvalue weighted by Gasteiger charge is 2.38. The topological polar surface area (TPSA) is 77.7 Å². The predicted molar refractivity (Wildman–Crippen MR) is 95.7 cm³/mol. The lowest BCUT2D eigenvalue weighted by Gasteiger charge is -2.18. The van der Waals surface area contributed by atoms with Crippen LogP contribution in [0.25, 0.3) is 0 Å². The number of carbonyl (C=O) groups is 1. The molecule has 6 heteroatoms. The molecule has 1 amide bonds. The van der Waals surface area contributed by atoms with E-state index in [1.165, 1.54) is 0 Å². The van der Waals surface area contributed by atoms with Crippen molar-refractivity contribution in [3.05, 3.63) is 53.2 Å². The minimum Gasteiger partial charge on any atom is -0.470 e. The van der Waals surface area contributed by atoms with Crippen LogP contribution in [-0.2, 0) is 4.74 Å². The maximum Gasteiger partial charge on any atom is 0.254 e. The van der Waals surface area contributed by atoms with Crippen LogP contribution >= 0.6 is 0 Å². The summed E-state index contributed by atoms with van der Waals surface area (Å²) in [6.45, 7) is 4.85. The summed E-state index contributed by atoms with van der Waals surface area (Å²) in [5.41, 5.74) is 9.10. The molecule has 3 rings (SSSR count). The zero-order valence-electron chi connectivity index (χ0n) is 14.7. The Morgan fingerprint density at radius 1 is 1.20 bits per heavy atom. The third-order valence-corrected chi connectivity index (χ3v) is 4.46. The number of benzene rings is 1. The number of amides is 1. The number of likely N-dealkylation sites (tertiary alicyclic amines) is 1. The largest absolute Gasteiger partial charge is 0.470 e. The lowest BCUT2D eigenvalue weighted by Crippen LogP contribution is -2.32. The third-order valence-electron chi connectivity index (χ3n) is 4.46. The van der Waals surface area contributed by atoms with Gasteiger partial charge in [0.1, 0.15) is 12.2 Å². The molecule has 132 valence electrons. The number of aryl methyl sites for hydroxylation is 2. The molecule has 6 nitrogen and oxygen atoms in total. The quantitative estimate of drug-likeness (QED) is 0.922. The van der Waals surface area contributed by atoms with E-state index in [0.29, 0.717) is 24.7 Å². The number of ether oxygens (including phenoxy) is 2. The first-order valence-electron chi connectivity index (χ1n) is 8.25. The molecule has 1 fully saturated rings. The fourth-order valence-corrected chi connectivity index (χ4v) is 3.03. The van der Waals surface area contributed by atoms with E-state index in [9.17, 15) is 4.79 Å². The number of nitrogens with two attached hydrogens (primary N) is 1. The standard InChI is InChI=1S/C19H23N3O3/c1-12-4-5-13(2)15(8-12)19(23)22-10-16(24-3)17(11-22)25-18-9-14(20)6-7-21-18/h4-9,16-17H,10-11H2,1-3H3,(H2,20,21)/t16-,17-/m1/s1. The highest BCUT2D eigenvalue weighted by Crippen LogP contribution is 2.23. The number of pyridine rings is 1. The Kier molecular flexibility index (Phi) is 4.90. The van der Waals surface area contributed by atoms with Crippen molar-refractivity contribution in [1.29, 1.82) is 0 Å².